The number of likely N-dealkylation sites (N-methyl/N-ethyl adjacent to an activating group) is 1. The summed E-state index contributed by atoms with van der Waals surface area (Å²) in [6, 6.07) is 4.61. The monoisotopic (exact) mass is 238 g/mol. The number of nitrogen functional groups attached to an aromatic ring is 1. The van der Waals surface area contributed by atoms with Crippen LogP contribution >= 0.6 is 0 Å². The molecule has 1 fully saturated rings. The first-order valence-electron chi connectivity index (χ1n) is 6.04. The average Bonchev–Trinajstić information content (AvgIpc) is 2.29. The molecule has 0 aliphatic carbocycles. The van der Waals surface area contributed by atoms with Gasteiger partial charge < -0.3 is 15.4 Å². The molecule has 0 bridgehead atoms. The van der Waals surface area contributed by atoms with Crippen LogP contribution in [0.1, 0.15) is 19.3 Å². The van der Waals surface area contributed by atoms with Crippen LogP contribution in [0.15, 0.2) is 18.2 Å². The van der Waals surface area contributed by atoms with Crippen molar-refractivity contribution in [3.8, 4) is 0 Å². The summed E-state index contributed by atoms with van der Waals surface area (Å²) in [5.41, 5.74) is 6.89. The molecule has 0 radical (unpaired) electrons. The molecule has 94 valence electrons. The standard InChI is InChI=1S/C13H19FN2O/c1-16(9-13-4-2-3-5-17-13)12-7-10(14)6-11(15)8-12/h6-8,13H,2-5,9,15H2,1H3. The van der Waals surface area contributed by atoms with Gasteiger partial charge in [-0.05, 0) is 37.5 Å². The fraction of sp³-hybridized carbons (Fsp3) is 0.538. The topological polar surface area (TPSA) is 38.5 Å². The van der Waals surface area contributed by atoms with Crippen molar-refractivity contribution in [3.05, 3.63) is 24.0 Å². The van der Waals surface area contributed by atoms with Gasteiger partial charge in [0.1, 0.15) is 5.82 Å². The van der Waals surface area contributed by atoms with Gasteiger partial charge >= 0.3 is 0 Å². The Kier molecular flexibility index (Phi) is 3.84. The summed E-state index contributed by atoms with van der Waals surface area (Å²) in [6.07, 6.45) is 3.68. The molecule has 1 aliphatic heterocycles. The normalized spacial score (nSPS) is 20.2. The Hall–Kier alpha value is -1.29. The Morgan fingerprint density at radius 1 is 1.41 bits per heavy atom. The van der Waals surface area contributed by atoms with Gasteiger partial charge in [0.2, 0.25) is 0 Å². The predicted octanol–water partition coefficient (Wildman–Crippen LogP) is 2.41. The summed E-state index contributed by atoms with van der Waals surface area (Å²) in [5, 5.41) is 0. The molecule has 2 N–H and O–H groups in total. The Morgan fingerprint density at radius 2 is 2.24 bits per heavy atom. The fourth-order valence-electron chi connectivity index (χ4n) is 2.18. The van der Waals surface area contributed by atoms with Crippen LogP contribution in [-0.2, 0) is 4.74 Å². The Balaban J connectivity index is 2.00. The van der Waals surface area contributed by atoms with Gasteiger partial charge in [-0.1, -0.05) is 0 Å². The van der Waals surface area contributed by atoms with E-state index in [1.165, 1.54) is 18.6 Å². The zero-order chi connectivity index (χ0) is 12.3. The molecule has 1 atom stereocenters. The van der Waals surface area contributed by atoms with Crippen molar-refractivity contribution in [3.63, 3.8) is 0 Å². The van der Waals surface area contributed by atoms with E-state index in [-0.39, 0.29) is 11.9 Å². The van der Waals surface area contributed by atoms with E-state index in [1.807, 2.05) is 11.9 Å². The van der Waals surface area contributed by atoms with E-state index in [2.05, 4.69) is 0 Å². The molecule has 0 saturated carbocycles. The quantitative estimate of drug-likeness (QED) is 0.822. The van der Waals surface area contributed by atoms with Crippen LogP contribution in [0.25, 0.3) is 0 Å². The van der Waals surface area contributed by atoms with Gasteiger partial charge in [0.05, 0.1) is 6.10 Å². The molecule has 2 rings (SSSR count). The molecule has 4 heteroatoms. The van der Waals surface area contributed by atoms with Gasteiger partial charge in [-0.25, -0.2) is 4.39 Å². The molecule has 0 amide bonds. The lowest BCUT2D eigenvalue weighted by molar-refractivity contribution is 0.0216. The molecule has 0 spiro atoms. The van der Waals surface area contributed by atoms with Crippen molar-refractivity contribution < 1.29 is 9.13 Å². The van der Waals surface area contributed by atoms with Crippen molar-refractivity contribution in [1.29, 1.82) is 0 Å². The third kappa shape index (κ3) is 3.33. The van der Waals surface area contributed by atoms with E-state index in [1.54, 1.807) is 6.07 Å². The van der Waals surface area contributed by atoms with Crippen molar-refractivity contribution in [2.45, 2.75) is 25.4 Å². The van der Waals surface area contributed by atoms with Crippen LogP contribution in [0.5, 0.6) is 0 Å². The minimum absolute atomic E-state index is 0.248. The van der Waals surface area contributed by atoms with Crippen LogP contribution in [0.4, 0.5) is 15.8 Å². The van der Waals surface area contributed by atoms with E-state index in [9.17, 15) is 4.39 Å². The SMILES string of the molecule is CN(CC1CCCCO1)c1cc(N)cc(F)c1. The van der Waals surface area contributed by atoms with E-state index in [0.29, 0.717) is 5.69 Å². The van der Waals surface area contributed by atoms with Crippen molar-refractivity contribution in [2.75, 3.05) is 30.8 Å². The molecule has 1 heterocycles. The van der Waals surface area contributed by atoms with E-state index >= 15 is 0 Å². The minimum atomic E-state index is -0.295. The van der Waals surface area contributed by atoms with Crippen LogP contribution in [0, 0.1) is 5.82 Å². The van der Waals surface area contributed by atoms with Gasteiger partial charge in [0.25, 0.3) is 0 Å². The smallest absolute Gasteiger partial charge is 0.127 e. The number of nitrogens with two attached hydrogens (primary N) is 1. The van der Waals surface area contributed by atoms with Crippen molar-refractivity contribution in [2.24, 2.45) is 0 Å². The summed E-state index contributed by atoms with van der Waals surface area (Å²) in [6.45, 7) is 1.62. The van der Waals surface area contributed by atoms with Crippen LogP contribution < -0.4 is 10.6 Å². The Bertz CT molecular complexity index is 357. The molecule has 1 aromatic carbocycles. The van der Waals surface area contributed by atoms with Crippen molar-refractivity contribution >= 4 is 11.4 Å². The molecule has 1 aromatic rings. The first kappa shape index (κ1) is 12.2. The highest BCUT2D eigenvalue weighted by atomic mass is 19.1. The highest BCUT2D eigenvalue weighted by molar-refractivity contribution is 5.56. The summed E-state index contributed by atoms with van der Waals surface area (Å²) in [4.78, 5) is 2.00. The number of hydrogen-bond donors (Lipinski definition) is 1. The third-order valence-corrected chi connectivity index (χ3v) is 3.10. The predicted molar refractivity (Wildman–Crippen MR) is 67.7 cm³/mol. The first-order chi connectivity index (χ1) is 8.15. The summed E-state index contributed by atoms with van der Waals surface area (Å²) < 4.78 is 18.9. The molecule has 1 unspecified atom stereocenters. The van der Waals surface area contributed by atoms with Crippen LogP contribution in [-0.4, -0.2) is 26.3 Å². The van der Waals surface area contributed by atoms with Gasteiger partial charge in [-0.3, -0.25) is 0 Å². The second-order valence-electron chi connectivity index (χ2n) is 4.61. The number of benzene rings is 1. The Labute approximate surface area is 101 Å². The molecule has 1 aliphatic rings. The minimum Gasteiger partial charge on any atom is -0.399 e. The summed E-state index contributed by atoms with van der Waals surface area (Å²) >= 11 is 0. The molecular formula is C13H19FN2O. The molecule has 3 nitrogen and oxygen atoms in total. The molecule has 1 saturated heterocycles. The van der Waals surface area contributed by atoms with Crippen molar-refractivity contribution in [1.82, 2.24) is 0 Å². The van der Waals surface area contributed by atoms with Crippen LogP contribution in [0.2, 0.25) is 0 Å². The van der Waals surface area contributed by atoms with Gasteiger partial charge in [0, 0.05) is 31.6 Å². The largest absolute Gasteiger partial charge is 0.399 e. The fourth-order valence-corrected chi connectivity index (χ4v) is 2.18. The summed E-state index contributed by atoms with van der Waals surface area (Å²) in [5.74, 6) is -0.295. The highest BCUT2D eigenvalue weighted by Gasteiger charge is 2.16. The number of halogens is 1. The number of nitrogens with zero attached hydrogens (tertiary/aromatic N) is 1. The highest BCUT2D eigenvalue weighted by Crippen LogP contribution is 2.21. The maximum atomic E-state index is 13.2. The third-order valence-electron chi connectivity index (χ3n) is 3.10. The second-order valence-corrected chi connectivity index (χ2v) is 4.61. The number of hydrogen-bond acceptors (Lipinski definition) is 3. The van der Waals surface area contributed by atoms with E-state index in [4.69, 9.17) is 10.5 Å². The second kappa shape index (κ2) is 5.36. The zero-order valence-corrected chi connectivity index (χ0v) is 10.2. The lowest BCUT2D eigenvalue weighted by atomic mass is 10.1. The molecule has 0 aromatic heterocycles. The Morgan fingerprint density at radius 3 is 2.88 bits per heavy atom. The number of rotatable bonds is 3. The number of anilines is 2. The lowest BCUT2D eigenvalue weighted by Gasteiger charge is -2.28. The molecule has 17 heavy (non-hydrogen) atoms. The number of ether oxygens (including phenoxy) is 1. The van der Waals surface area contributed by atoms with E-state index in [0.717, 1.165) is 31.7 Å². The van der Waals surface area contributed by atoms with Gasteiger partial charge in [-0.2, -0.15) is 0 Å². The summed E-state index contributed by atoms with van der Waals surface area (Å²) in [7, 11) is 1.94. The van der Waals surface area contributed by atoms with Gasteiger partial charge in [-0.15, -0.1) is 0 Å². The zero-order valence-electron chi connectivity index (χ0n) is 10.2. The van der Waals surface area contributed by atoms with Gasteiger partial charge in [0.15, 0.2) is 0 Å². The maximum absolute atomic E-state index is 13.2. The first-order valence-corrected chi connectivity index (χ1v) is 6.04. The lowest BCUT2D eigenvalue weighted by Crippen LogP contribution is -2.33. The molecular weight excluding hydrogens is 219 g/mol. The van der Waals surface area contributed by atoms with Crippen LogP contribution in [0.3, 0.4) is 0 Å². The van der Waals surface area contributed by atoms with E-state index < -0.39 is 0 Å². The maximum Gasteiger partial charge on any atom is 0.127 e. The average molecular weight is 238 g/mol.